The number of halogens is 6. The molecule has 0 aliphatic carbocycles. The number of allylic oxidation sites excluding steroid dienone is 1. The molecule has 2 aromatic carbocycles. The molecule has 0 N–H and O–H groups in total. The summed E-state index contributed by atoms with van der Waals surface area (Å²) in [5.41, 5.74) is -4.13. The van der Waals surface area contributed by atoms with Crippen molar-refractivity contribution in [3.8, 4) is 11.5 Å². The van der Waals surface area contributed by atoms with E-state index in [0.717, 1.165) is 0 Å². The first-order chi connectivity index (χ1) is 16.7. The average Bonchev–Trinajstić information content (AvgIpc) is 2.80. The number of hydrogen-bond acceptors (Lipinski definition) is 5. The van der Waals surface area contributed by atoms with Crippen molar-refractivity contribution in [2.45, 2.75) is 32.2 Å². The second-order valence-corrected chi connectivity index (χ2v) is 7.74. The number of nitrogens with zero attached hydrogens (tertiary/aromatic N) is 1. The second kappa shape index (κ2) is 9.75. The number of amides is 1. The Balaban J connectivity index is 2.25. The number of Topliss-reactive ketones (excluding diaryl/α,β-unsaturated/α-hetero) is 1. The van der Waals surface area contributed by atoms with Crippen molar-refractivity contribution in [2.75, 3.05) is 25.7 Å². The zero-order chi connectivity index (χ0) is 27.0. The molecule has 12 heteroatoms. The van der Waals surface area contributed by atoms with E-state index in [-0.39, 0.29) is 41.0 Å². The van der Waals surface area contributed by atoms with Gasteiger partial charge in [0.2, 0.25) is 0 Å². The molecule has 3 rings (SSSR count). The van der Waals surface area contributed by atoms with Gasteiger partial charge >= 0.3 is 18.4 Å². The molecule has 6 nitrogen and oxygen atoms in total. The van der Waals surface area contributed by atoms with Gasteiger partial charge in [-0.1, -0.05) is 0 Å². The zero-order valence-electron chi connectivity index (χ0n) is 19.5. The van der Waals surface area contributed by atoms with Gasteiger partial charge in [-0.05, 0) is 44.2 Å². The molecule has 0 saturated carbocycles. The van der Waals surface area contributed by atoms with Crippen LogP contribution in [0.1, 0.15) is 40.9 Å². The summed E-state index contributed by atoms with van der Waals surface area (Å²) >= 11 is 0. The SMILES string of the molecule is CCOC(=O)N1c2cc(OC)c(OC)cc2C(C(=O)c2cc(C(F)(F)F)cc(C(F)(F)F)c2)=CC1C. The highest BCUT2D eigenvalue weighted by Gasteiger charge is 2.39. The van der Waals surface area contributed by atoms with Crippen LogP contribution in [0.2, 0.25) is 0 Å². The molecule has 0 aromatic heterocycles. The molecule has 1 amide bonds. The lowest BCUT2D eigenvalue weighted by molar-refractivity contribution is -0.143. The number of benzene rings is 2. The Hall–Kier alpha value is -3.70. The Morgan fingerprint density at radius 2 is 1.42 bits per heavy atom. The molecule has 2 aromatic rings. The quantitative estimate of drug-likeness (QED) is 0.341. The third kappa shape index (κ3) is 5.12. The Morgan fingerprint density at radius 1 is 0.889 bits per heavy atom. The summed E-state index contributed by atoms with van der Waals surface area (Å²) < 4.78 is 95.7. The smallest absolute Gasteiger partial charge is 0.416 e. The van der Waals surface area contributed by atoms with Crippen molar-refractivity contribution in [3.05, 3.63) is 58.7 Å². The van der Waals surface area contributed by atoms with E-state index in [9.17, 15) is 35.9 Å². The minimum atomic E-state index is -5.13. The minimum absolute atomic E-state index is 0.0324. The monoisotopic (exact) mass is 517 g/mol. The van der Waals surface area contributed by atoms with Gasteiger partial charge in [0.05, 0.1) is 43.7 Å². The van der Waals surface area contributed by atoms with Crippen LogP contribution >= 0.6 is 0 Å². The van der Waals surface area contributed by atoms with E-state index in [1.807, 2.05) is 0 Å². The predicted octanol–water partition coefficient (Wildman–Crippen LogP) is 6.37. The van der Waals surface area contributed by atoms with Gasteiger partial charge in [0.1, 0.15) is 0 Å². The molecule has 0 saturated heterocycles. The standard InChI is InChI=1S/C24H21F6NO5/c1-5-36-22(33)31-12(2)6-17(16-10-19(34-3)20(35-4)11-18(16)31)21(32)13-7-14(23(25,26)27)9-15(8-13)24(28,29)30/h6-12H,5H2,1-4H3. The summed E-state index contributed by atoms with van der Waals surface area (Å²) in [4.78, 5) is 27.2. The molecular weight excluding hydrogens is 496 g/mol. The summed E-state index contributed by atoms with van der Waals surface area (Å²) in [6, 6.07) is 2.51. The highest BCUT2D eigenvalue weighted by atomic mass is 19.4. The van der Waals surface area contributed by atoms with Gasteiger partial charge in [-0.25, -0.2) is 4.79 Å². The molecule has 0 spiro atoms. The van der Waals surface area contributed by atoms with Crippen molar-refractivity contribution in [2.24, 2.45) is 0 Å². The van der Waals surface area contributed by atoms with Crippen LogP contribution in [0.5, 0.6) is 11.5 Å². The number of anilines is 1. The Kier molecular flexibility index (Phi) is 7.28. The molecule has 1 aliphatic heterocycles. The van der Waals surface area contributed by atoms with E-state index in [1.54, 1.807) is 6.92 Å². The molecular formula is C24H21F6NO5. The van der Waals surface area contributed by atoms with Crippen LogP contribution in [0.4, 0.5) is 36.8 Å². The lowest BCUT2D eigenvalue weighted by atomic mass is 9.88. The van der Waals surface area contributed by atoms with Crippen molar-refractivity contribution >= 4 is 23.1 Å². The average molecular weight is 517 g/mol. The molecule has 1 atom stereocenters. The number of ketones is 1. The van der Waals surface area contributed by atoms with Gasteiger partial charge in [-0.3, -0.25) is 9.69 Å². The molecule has 0 bridgehead atoms. The van der Waals surface area contributed by atoms with Gasteiger partial charge in [0.25, 0.3) is 0 Å². The Labute approximate surface area is 202 Å². The third-order valence-electron chi connectivity index (χ3n) is 5.43. The molecule has 194 valence electrons. The summed E-state index contributed by atoms with van der Waals surface area (Å²) in [5, 5.41) is 0. The molecule has 1 heterocycles. The summed E-state index contributed by atoms with van der Waals surface area (Å²) in [6.45, 7) is 3.13. The van der Waals surface area contributed by atoms with Crippen LogP contribution in [0.25, 0.3) is 5.57 Å². The fourth-order valence-electron chi connectivity index (χ4n) is 3.81. The minimum Gasteiger partial charge on any atom is -0.493 e. The van der Waals surface area contributed by atoms with Crippen LogP contribution in [-0.2, 0) is 17.1 Å². The van der Waals surface area contributed by atoms with E-state index < -0.39 is 47.0 Å². The zero-order valence-corrected chi connectivity index (χ0v) is 19.5. The number of hydrogen-bond donors (Lipinski definition) is 0. The highest BCUT2D eigenvalue weighted by Crippen LogP contribution is 2.44. The van der Waals surface area contributed by atoms with Crippen molar-refractivity contribution < 1.29 is 50.1 Å². The van der Waals surface area contributed by atoms with Gasteiger partial charge in [0.15, 0.2) is 17.3 Å². The van der Waals surface area contributed by atoms with E-state index in [1.165, 1.54) is 44.3 Å². The van der Waals surface area contributed by atoms with Crippen molar-refractivity contribution in [3.63, 3.8) is 0 Å². The fourth-order valence-corrected chi connectivity index (χ4v) is 3.81. The lowest BCUT2D eigenvalue weighted by Crippen LogP contribution is -2.41. The van der Waals surface area contributed by atoms with E-state index in [4.69, 9.17) is 14.2 Å². The number of rotatable bonds is 5. The van der Waals surface area contributed by atoms with Gasteiger partial charge in [-0.2, -0.15) is 26.3 Å². The predicted molar refractivity (Wildman–Crippen MR) is 117 cm³/mol. The molecule has 36 heavy (non-hydrogen) atoms. The maximum Gasteiger partial charge on any atom is 0.416 e. The number of alkyl halides is 6. The van der Waals surface area contributed by atoms with Gasteiger partial charge in [-0.15, -0.1) is 0 Å². The van der Waals surface area contributed by atoms with Crippen LogP contribution in [0, 0.1) is 0 Å². The molecule has 1 aliphatic rings. The number of ether oxygens (including phenoxy) is 3. The molecule has 0 radical (unpaired) electrons. The number of carbonyl (C=O) groups excluding carboxylic acids is 2. The van der Waals surface area contributed by atoms with Crippen LogP contribution in [0.15, 0.2) is 36.4 Å². The Bertz CT molecular complexity index is 1190. The first kappa shape index (κ1) is 26.9. The Morgan fingerprint density at radius 3 is 1.89 bits per heavy atom. The van der Waals surface area contributed by atoms with Crippen LogP contribution in [-0.4, -0.2) is 38.7 Å². The van der Waals surface area contributed by atoms with Crippen LogP contribution < -0.4 is 14.4 Å². The molecule has 0 fully saturated rings. The molecule has 1 unspecified atom stereocenters. The number of fused-ring (bicyclic) bond motifs is 1. The van der Waals surface area contributed by atoms with Crippen molar-refractivity contribution in [1.82, 2.24) is 0 Å². The number of carbonyl (C=O) groups is 2. The third-order valence-corrected chi connectivity index (χ3v) is 5.43. The largest absolute Gasteiger partial charge is 0.493 e. The highest BCUT2D eigenvalue weighted by molar-refractivity contribution is 6.31. The fraction of sp³-hybridized carbons (Fsp3) is 0.333. The first-order valence-corrected chi connectivity index (χ1v) is 10.5. The summed E-state index contributed by atoms with van der Waals surface area (Å²) in [7, 11) is 2.63. The maximum atomic E-state index is 13.4. The summed E-state index contributed by atoms with van der Waals surface area (Å²) in [5.74, 6) is -0.811. The van der Waals surface area contributed by atoms with Gasteiger partial charge in [0, 0.05) is 22.8 Å². The lowest BCUT2D eigenvalue weighted by Gasteiger charge is -2.33. The number of methoxy groups -OCH3 is 2. The topological polar surface area (TPSA) is 65.1 Å². The summed E-state index contributed by atoms with van der Waals surface area (Å²) in [6.07, 6.45) is -9.76. The van der Waals surface area contributed by atoms with Crippen LogP contribution in [0.3, 0.4) is 0 Å². The van der Waals surface area contributed by atoms with E-state index in [0.29, 0.717) is 12.1 Å². The van der Waals surface area contributed by atoms with E-state index >= 15 is 0 Å². The van der Waals surface area contributed by atoms with E-state index in [2.05, 4.69) is 0 Å². The maximum absolute atomic E-state index is 13.4. The normalized spacial score (nSPS) is 15.7. The van der Waals surface area contributed by atoms with Gasteiger partial charge < -0.3 is 14.2 Å². The first-order valence-electron chi connectivity index (χ1n) is 10.5. The second-order valence-electron chi connectivity index (χ2n) is 7.74. The van der Waals surface area contributed by atoms with Crippen molar-refractivity contribution in [1.29, 1.82) is 0 Å².